The number of hydrogen-bond acceptors (Lipinski definition) is 5. The number of tetrazole rings is 1. The van der Waals surface area contributed by atoms with E-state index in [1.54, 1.807) is 4.68 Å². The highest BCUT2D eigenvalue weighted by Crippen LogP contribution is 2.26. The van der Waals surface area contributed by atoms with Crippen LogP contribution in [0.1, 0.15) is 31.4 Å². The van der Waals surface area contributed by atoms with Crippen LogP contribution in [-0.4, -0.2) is 37.9 Å². The monoisotopic (exact) mass is 319 g/mol. The zero-order valence-corrected chi connectivity index (χ0v) is 14.1. The van der Waals surface area contributed by atoms with Crippen molar-refractivity contribution in [2.75, 3.05) is 6.54 Å². The summed E-state index contributed by atoms with van der Waals surface area (Å²) in [6.45, 7) is 8.62. The molecule has 0 saturated carbocycles. The summed E-state index contributed by atoms with van der Waals surface area (Å²) in [5, 5.41) is 15.2. The average Bonchev–Trinajstić information content (AvgIpc) is 2.92. The van der Waals surface area contributed by atoms with Crippen LogP contribution in [0.2, 0.25) is 0 Å². The molecular weight excluding hydrogens is 298 g/mol. The van der Waals surface area contributed by atoms with Crippen molar-refractivity contribution in [2.24, 2.45) is 0 Å². The molecule has 1 heterocycles. The van der Waals surface area contributed by atoms with Gasteiger partial charge >= 0.3 is 0 Å². The number of hydrogen-bond donors (Lipinski definition) is 1. The lowest BCUT2D eigenvalue weighted by Gasteiger charge is -2.13. The van der Waals surface area contributed by atoms with E-state index in [0.717, 1.165) is 23.2 Å². The van der Waals surface area contributed by atoms with E-state index >= 15 is 0 Å². The fraction of sp³-hybridized carbons (Fsp3) is 0.467. The Kier molecular flexibility index (Phi) is 5.54. The molecule has 0 aliphatic rings. The number of nitrogens with zero attached hydrogens (tertiary/aromatic N) is 4. The van der Waals surface area contributed by atoms with Crippen LogP contribution in [0.4, 0.5) is 0 Å². The minimum absolute atomic E-state index is 0.00269. The number of benzene rings is 1. The maximum atomic E-state index is 12.0. The highest BCUT2D eigenvalue weighted by molar-refractivity contribution is 8.00. The molecule has 1 atom stereocenters. The maximum absolute atomic E-state index is 12.0. The number of aryl methyl sites for hydroxylation is 2. The lowest BCUT2D eigenvalue weighted by atomic mass is 10.1. The topological polar surface area (TPSA) is 72.7 Å². The first-order chi connectivity index (χ1) is 10.5. The van der Waals surface area contributed by atoms with Gasteiger partial charge in [0, 0.05) is 6.54 Å². The van der Waals surface area contributed by atoms with Gasteiger partial charge < -0.3 is 5.32 Å². The number of para-hydroxylation sites is 1. The van der Waals surface area contributed by atoms with E-state index in [2.05, 4.69) is 20.8 Å². The predicted octanol–water partition coefficient (Wildman–Crippen LogP) is 2.29. The molecule has 1 aromatic heterocycles. The molecule has 0 aliphatic carbocycles. The van der Waals surface area contributed by atoms with Gasteiger partial charge in [0.05, 0.1) is 10.9 Å². The van der Waals surface area contributed by atoms with Crippen molar-refractivity contribution in [3.8, 4) is 5.69 Å². The van der Waals surface area contributed by atoms with Crippen molar-refractivity contribution in [3.05, 3.63) is 29.3 Å². The van der Waals surface area contributed by atoms with Crippen molar-refractivity contribution < 1.29 is 4.79 Å². The summed E-state index contributed by atoms with van der Waals surface area (Å²) in [5.41, 5.74) is 3.16. The Bertz CT molecular complexity index is 635. The molecule has 1 unspecified atom stereocenters. The number of aromatic nitrogens is 4. The summed E-state index contributed by atoms with van der Waals surface area (Å²) in [6, 6.07) is 6.05. The van der Waals surface area contributed by atoms with Crippen molar-refractivity contribution in [2.45, 2.75) is 44.5 Å². The summed E-state index contributed by atoms with van der Waals surface area (Å²) in [7, 11) is 0. The molecule has 7 heteroatoms. The van der Waals surface area contributed by atoms with E-state index < -0.39 is 0 Å². The van der Waals surface area contributed by atoms with Crippen LogP contribution in [0.3, 0.4) is 0 Å². The predicted molar refractivity (Wildman–Crippen MR) is 87.2 cm³/mol. The van der Waals surface area contributed by atoms with E-state index in [4.69, 9.17) is 0 Å². The minimum atomic E-state index is -0.249. The first-order valence-corrected chi connectivity index (χ1v) is 8.22. The third kappa shape index (κ3) is 3.65. The lowest BCUT2D eigenvalue weighted by molar-refractivity contribution is -0.120. The number of carbonyl (C=O) groups excluding carboxylic acids is 1. The normalized spacial score (nSPS) is 12.2. The lowest BCUT2D eigenvalue weighted by Crippen LogP contribution is -2.31. The van der Waals surface area contributed by atoms with E-state index in [0.29, 0.717) is 11.7 Å². The third-order valence-electron chi connectivity index (χ3n) is 3.29. The van der Waals surface area contributed by atoms with Crippen LogP contribution < -0.4 is 5.32 Å². The van der Waals surface area contributed by atoms with Gasteiger partial charge in [-0.2, -0.15) is 4.68 Å². The smallest absolute Gasteiger partial charge is 0.233 e. The molecule has 1 amide bonds. The number of rotatable bonds is 6. The zero-order chi connectivity index (χ0) is 16.1. The highest BCUT2D eigenvalue weighted by Gasteiger charge is 2.20. The van der Waals surface area contributed by atoms with E-state index in [1.807, 2.05) is 45.9 Å². The molecule has 1 N–H and O–H groups in total. The minimum Gasteiger partial charge on any atom is -0.355 e. The van der Waals surface area contributed by atoms with Gasteiger partial charge in [-0.3, -0.25) is 4.79 Å². The molecular formula is C15H21N5OS. The zero-order valence-electron chi connectivity index (χ0n) is 13.3. The SMILES string of the molecule is CCCNC(=O)C(C)Sc1nnnn1-c1c(C)cccc1C. The first kappa shape index (κ1) is 16.5. The van der Waals surface area contributed by atoms with Gasteiger partial charge in [0.1, 0.15) is 0 Å². The molecule has 22 heavy (non-hydrogen) atoms. The average molecular weight is 319 g/mol. The van der Waals surface area contributed by atoms with Gasteiger partial charge in [-0.1, -0.05) is 36.9 Å². The van der Waals surface area contributed by atoms with Crippen molar-refractivity contribution in [1.82, 2.24) is 25.5 Å². The molecule has 2 rings (SSSR count). The Labute approximate surface area is 134 Å². The summed E-state index contributed by atoms with van der Waals surface area (Å²) in [5.74, 6) is 0.00269. The molecule has 2 aromatic rings. The molecule has 0 radical (unpaired) electrons. The molecule has 0 bridgehead atoms. The second-order valence-electron chi connectivity index (χ2n) is 5.16. The van der Waals surface area contributed by atoms with Gasteiger partial charge in [-0.05, 0) is 48.7 Å². The van der Waals surface area contributed by atoms with Gasteiger partial charge in [0.2, 0.25) is 11.1 Å². The first-order valence-electron chi connectivity index (χ1n) is 7.34. The van der Waals surface area contributed by atoms with Crippen LogP contribution in [0.5, 0.6) is 0 Å². The Hall–Kier alpha value is -1.89. The van der Waals surface area contributed by atoms with Gasteiger partial charge in [0.25, 0.3) is 0 Å². The van der Waals surface area contributed by atoms with Crippen molar-refractivity contribution >= 4 is 17.7 Å². The molecule has 0 spiro atoms. The number of carbonyl (C=O) groups is 1. The van der Waals surface area contributed by atoms with Crippen LogP contribution in [0.15, 0.2) is 23.4 Å². The van der Waals surface area contributed by atoms with Crippen LogP contribution in [-0.2, 0) is 4.79 Å². The maximum Gasteiger partial charge on any atom is 0.233 e. The molecule has 0 saturated heterocycles. The summed E-state index contributed by atoms with van der Waals surface area (Å²) in [4.78, 5) is 12.0. The molecule has 118 valence electrons. The quantitative estimate of drug-likeness (QED) is 0.827. The summed E-state index contributed by atoms with van der Waals surface area (Å²) >= 11 is 1.36. The van der Waals surface area contributed by atoms with E-state index in [9.17, 15) is 4.79 Å². The molecule has 6 nitrogen and oxygen atoms in total. The summed E-state index contributed by atoms with van der Waals surface area (Å²) in [6.07, 6.45) is 0.920. The Balaban J connectivity index is 2.22. The van der Waals surface area contributed by atoms with Crippen molar-refractivity contribution in [1.29, 1.82) is 0 Å². The van der Waals surface area contributed by atoms with Crippen LogP contribution in [0, 0.1) is 13.8 Å². The van der Waals surface area contributed by atoms with Crippen LogP contribution in [0.25, 0.3) is 5.69 Å². The molecule has 0 fully saturated rings. The number of amides is 1. The van der Waals surface area contributed by atoms with E-state index in [1.165, 1.54) is 11.8 Å². The Morgan fingerprint density at radius 2 is 2.05 bits per heavy atom. The highest BCUT2D eigenvalue weighted by atomic mass is 32.2. The summed E-state index contributed by atoms with van der Waals surface area (Å²) < 4.78 is 1.71. The van der Waals surface area contributed by atoms with Gasteiger partial charge in [-0.15, -0.1) is 5.10 Å². The Morgan fingerprint density at radius 1 is 1.36 bits per heavy atom. The second-order valence-corrected chi connectivity index (χ2v) is 6.47. The fourth-order valence-corrected chi connectivity index (χ4v) is 2.95. The largest absolute Gasteiger partial charge is 0.355 e. The third-order valence-corrected chi connectivity index (χ3v) is 4.33. The number of nitrogens with one attached hydrogen (secondary N) is 1. The van der Waals surface area contributed by atoms with Crippen molar-refractivity contribution in [3.63, 3.8) is 0 Å². The van der Waals surface area contributed by atoms with Crippen LogP contribution >= 0.6 is 11.8 Å². The molecule has 0 aliphatic heterocycles. The Morgan fingerprint density at radius 3 is 2.68 bits per heavy atom. The standard InChI is InChI=1S/C15H21N5OS/c1-5-9-16-14(21)12(4)22-15-17-18-19-20(15)13-10(2)7-6-8-11(13)3/h6-8,12H,5,9H2,1-4H3,(H,16,21). The molecule has 1 aromatic carbocycles. The van der Waals surface area contributed by atoms with E-state index in [-0.39, 0.29) is 11.2 Å². The van der Waals surface area contributed by atoms with Gasteiger partial charge in [0.15, 0.2) is 0 Å². The van der Waals surface area contributed by atoms with Gasteiger partial charge in [-0.25, -0.2) is 0 Å². The second kappa shape index (κ2) is 7.40. The number of thioether (sulfide) groups is 1. The fourth-order valence-electron chi connectivity index (χ4n) is 2.14.